The van der Waals surface area contributed by atoms with E-state index in [1.807, 2.05) is 0 Å². The van der Waals surface area contributed by atoms with Gasteiger partial charge in [-0.1, -0.05) is 84.4 Å². The van der Waals surface area contributed by atoms with Crippen LogP contribution in [0.3, 0.4) is 0 Å². The van der Waals surface area contributed by atoms with E-state index in [0.717, 1.165) is 0 Å². The molecule has 0 fully saturated rings. The zero-order valence-electron chi connectivity index (χ0n) is 13.0. The van der Waals surface area contributed by atoms with Crippen LogP contribution in [0.1, 0.15) is 5.56 Å². The quantitative estimate of drug-likeness (QED) is 0.282. The van der Waals surface area contributed by atoms with Gasteiger partial charge in [0.1, 0.15) is 0 Å². The van der Waals surface area contributed by atoms with Gasteiger partial charge in [0.15, 0.2) is 0 Å². The molecule has 0 nitrogen and oxygen atoms in total. The maximum absolute atomic E-state index is 2.32. The molecular weight excluding hydrogens is 276 g/mol. The van der Waals surface area contributed by atoms with Crippen molar-refractivity contribution in [1.29, 1.82) is 0 Å². The van der Waals surface area contributed by atoms with Crippen molar-refractivity contribution in [2.75, 3.05) is 0 Å². The molecule has 0 saturated carbocycles. The van der Waals surface area contributed by atoms with Gasteiger partial charge in [0.05, 0.1) is 0 Å². The Kier molecular flexibility index (Phi) is 2.51. The van der Waals surface area contributed by atoms with Gasteiger partial charge in [0.25, 0.3) is 0 Å². The van der Waals surface area contributed by atoms with Crippen molar-refractivity contribution in [3.63, 3.8) is 0 Å². The summed E-state index contributed by atoms with van der Waals surface area (Å²) in [6.07, 6.45) is 0. The zero-order chi connectivity index (χ0) is 15.4. The van der Waals surface area contributed by atoms with Crippen molar-refractivity contribution in [2.24, 2.45) is 0 Å². The summed E-state index contributed by atoms with van der Waals surface area (Å²) in [5, 5.41) is 10.7. The molecule has 108 valence electrons. The van der Waals surface area contributed by atoms with Crippen molar-refractivity contribution in [3.8, 4) is 0 Å². The third kappa shape index (κ3) is 1.72. The smallest absolute Gasteiger partial charge is 0.00204 e. The lowest BCUT2D eigenvalue weighted by Crippen LogP contribution is -1.85. The van der Waals surface area contributed by atoms with Crippen LogP contribution in [-0.2, 0) is 0 Å². The number of hydrogen-bond acceptors (Lipinski definition) is 0. The second kappa shape index (κ2) is 4.57. The third-order valence-electron chi connectivity index (χ3n) is 4.88. The van der Waals surface area contributed by atoms with Gasteiger partial charge in [-0.2, -0.15) is 0 Å². The van der Waals surface area contributed by atoms with Crippen LogP contribution >= 0.6 is 0 Å². The monoisotopic (exact) mass is 292 g/mol. The van der Waals surface area contributed by atoms with Gasteiger partial charge in [-0.25, -0.2) is 0 Å². The highest BCUT2D eigenvalue weighted by atomic mass is 14.1. The van der Waals surface area contributed by atoms with Crippen LogP contribution in [0.25, 0.3) is 43.1 Å². The lowest BCUT2D eigenvalue weighted by atomic mass is 9.90. The Morgan fingerprint density at radius 1 is 0.478 bits per heavy atom. The van der Waals surface area contributed by atoms with Crippen LogP contribution in [0.15, 0.2) is 78.9 Å². The topological polar surface area (TPSA) is 0 Å². The number of benzene rings is 5. The molecule has 0 bridgehead atoms. The molecule has 0 aliphatic carbocycles. The van der Waals surface area contributed by atoms with Crippen LogP contribution in [0, 0.1) is 6.92 Å². The summed E-state index contributed by atoms with van der Waals surface area (Å²) in [5.41, 5.74) is 1.31. The summed E-state index contributed by atoms with van der Waals surface area (Å²) >= 11 is 0. The molecule has 0 amide bonds. The Morgan fingerprint density at radius 3 is 1.91 bits per heavy atom. The minimum absolute atomic E-state index is 1.30. The highest BCUT2D eigenvalue weighted by Crippen LogP contribution is 2.38. The van der Waals surface area contributed by atoms with Gasteiger partial charge in [-0.3, -0.25) is 0 Å². The molecule has 5 aromatic carbocycles. The first kappa shape index (κ1) is 12.7. The Bertz CT molecular complexity index is 1210. The zero-order valence-corrected chi connectivity index (χ0v) is 13.0. The maximum Gasteiger partial charge on any atom is -0.00204 e. The van der Waals surface area contributed by atoms with E-state index in [0.29, 0.717) is 0 Å². The van der Waals surface area contributed by atoms with E-state index >= 15 is 0 Å². The van der Waals surface area contributed by atoms with Crippen molar-refractivity contribution >= 4 is 43.1 Å². The van der Waals surface area contributed by atoms with E-state index in [4.69, 9.17) is 0 Å². The molecule has 0 radical (unpaired) electrons. The highest BCUT2D eigenvalue weighted by Gasteiger charge is 2.10. The van der Waals surface area contributed by atoms with Crippen molar-refractivity contribution < 1.29 is 0 Å². The lowest BCUT2D eigenvalue weighted by molar-refractivity contribution is 1.51. The molecule has 0 aliphatic heterocycles. The number of hydrogen-bond donors (Lipinski definition) is 0. The Labute approximate surface area is 135 Å². The summed E-state index contributed by atoms with van der Waals surface area (Å²) in [5.74, 6) is 0. The number of rotatable bonds is 0. The van der Waals surface area contributed by atoms with E-state index in [2.05, 4.69) is 85.8 Å². The molecule has 0 heterocycles. The molecule has 0 aliphatic rings. The number of fused-ring (bicyclic) bond motifs is 8. The molecule has 5 aromatic rings. The lowest BCUT2D eigenvalue weighted by Gasteiger charge is -2.13. The maximum atomic E-state index is 2.32. The standard InChI is InChI=1S/C23H16/c1-15-10-12-21-22(14-15)19-9-5-4-8-18(19)20-13-11-16-6-2-3-7-17(16)23(20)21/h2-14H,1H3. The predicted octanol–water partition coefficient (Wildman–Crippen LogP) is 6.61. The van der Waals surface area contributed by atoms with Gasteiger partial charge in [0.2, 0.25) is 0 Å². The average molecular weight is 292 g/mol. The van der Waals surface area contributed by atoms with E-state index in [1.54, 1.807) is 0 Å². The van der Waals surface area contributed by atoms with Gasteiger partial charge >= 0.3 is 0 Å². The van der Waals surface area contributed by atoms with E-state index in [-0.39, 0.29) is 0 Å². The highest BCUT2D eigenvalue weighted by molar-refractivity contribution is 6.31. The van der Waals surface area contributed by atoms with Crippen molar-refractivity contribution in [3.05, 3.63) is 84.4 Å². The molecule has 0 aromatic heterocycles. The SMILES string of the molecule is Cc1ccc2c(c1)c1ccccc1c1ccc3ccccc3c12. The molecule has 0 N–H and O–H groups in total. The summed E-state index contributed by atoms with van der Waals surface area (Å²) in [6.45, 7) is 2.17. The summed E-state index contributed by atoms with van der Waals surface area (Å²) in [7, 11) is 0. The first-order chi connectivity index (χ1) is 11.3. The van der Waals surface area contributed by atoms with Crippen molar-refractivity contribution in [2.45, 2.75) is 6.92 Å². The van der Waals surface area contributed by atoms with Gasteiger partial charge < -0.3 is 0 Å². The molecule has 0 spiro atoms. The fourth-order valence-electron chi connectivity index (χ4n) is 3.84. The summed E-state index contributed by atoms with van der Waals surface area (Å²) in [4.78, 5) is 0. The second-order valence-electron chi connectivity index (χ2n) is 6.30. The van der Waals surface area contributed by atoms with Crippen LogP contribution in [0.4, 0.5) is 0 Å². The van der Waals surface area contributed by atoms with Gasteiger partial charge in [-0.05, 0) is 50.0 Å². The normalized spacial score (nSPS) is 11.7. The molecule has 0 saturated heterocycles. The van der Waals surface area contributed by atoms with Gasteiger partial charge in [0, 0.05) is 0 Å². The first-order valence-electron chi connectivity index (χ1n) is 8.05. The third-order valence-corrected chi connectivity index (χ3v) is 4.88. The van der Waals surface area contributed by atoms with Crippen LogP contribution < -0.4 is 0 Å². The molecule has 0 heteroatoms. The van der Waals surface area contributed by atoms with E-state index in [1.165, 1.54) is 48.7 Å². The predicted molar refractivity (Wildman–Crippen MR) is 101 cm³/mol. The first-order valence-corrected chi connectivity index (χ1v) is 8.05. The second-order valence-corrected chi connectivity index (χ2v) is 6.30. The van der Waals surface area contributed by atoms with Crippen LogP contribution in [-0.4, -0.2) is 0 Å². The fraction of sp³-hybridized carbons (Fsp3) is 0.0435. The van der Waals surface area contributed by atoms with Crippen LogP contribution in [0.2, 0.25) is 0 Å². The van der Waals surface area contributed by atoms with Crippen molar-refractivity contribution in [1.82, 2.24) is 0 Å². The Balaban J connectivity index is 2.22. The summed E-state index contributed by atoms with van der Waals surface area (Å²) in [6, 6.07) is 28.8. The molecule has 0 atom stereocenters. The average Bonchev–Trinajstić information content (AvgIpc) is 2.61. The summed E-state index contributed by atoms with van der Waals surface area (Å²) < 4.78 is 0. The number of aryl methyl sites for hydroxylation is 1. The Morgan fingerprint density at radius 2 is 1.09 bits per heavy atom. The molecule has 5 rings (SSSR count). The molecular formula is C23H16. The van der Waals surface area contributed by atoms with E-state index < -0.39 is 0 Å². The van der Waals surface area contributed by atoms with Crippen LogP contribution in [0.5, 0.6) is 0 Å². The molecule has 0 unspecified atom stereocenters. The van der Waals surface area contributed by atoms with E-state index in [9.17, 15) is 0 Å². The largest absolute Gasteiger partial charge is 0.0616 e. The minimum atomic E-state index is 1.30. The fourth-order valence-corrected chi connectivity index (χ4v) is 3.84. The van der Waals surface area contributed by atoms with Gasteiger partial charge in [-0.15, -0.1) is 0 Å². The molecule has 23 heavy (non-hydrogen) atoms. The Hall–Kier alpha value is -2.86. The minimum Gasteiger partial charge on any atom is -0.0616 e.